The highest BCUT2D eigenvalue weighted by atomic mass is 32.2. The lowest BCUT2D eigenvalue weighted by atomic mass is 10.1. The third-order valence-electron chi connectivity index (χ3n) is 4.75. The van der Waals surface area contributed by atoms with E-state index in [2.05, 4.69) is 5.32 Å². The average molecular weight is 444 g/mol. The van der Waals surface area contributed by atoms with Crippen LogP contribution in [0.1, 0.15) is 29.7 Å². The molecule has 0 saturated heterocycles. The highest BCUT2D eigenvalue weighted by Crippen LogP contribution is 2.35. The fraction of sp³-hybridized carbons (Fsp3) is 0.120. The molecule has 160 valence electrons. The number of nitrogens with zero attached hydrogens (tertiary/aromatic N) is 2. The van der Waals surface area contributed by atoms with E-state index in [1.165, 1.54) is 23.9 Å². The number of nitrogens with one attached hydrogen (secondary N) is 1. The molecule has 0 fully saturated rings. The second kappa shape index (κ2) is 10.4. The molecule has 1 unspecified atom stereocenters. The number of rotatable bonds is 7. The summed E-state index contributed by atoms with van der Waals surface area (Å²) in [5.41, 5.74) is 2.21. The van der Waals surface area contributed by atoms with Crippen LogP contribution in [0.4, 0.5) is 5.69 Å². The van der Waals surface area contributed by atoms with Crippen molar-refractivity contribution in [3.63, 3.8) is 0 Å². The number of nitro benzene ring substituents is 1. The van der Waals surface area contributed by atoms with Crippen molar-refractivity contribution in [2.24, 2.45) is 0 Å². The minimum Gasteiger partial charge on any atom is -0.345 e. The number of benzene rings is 3. The minimum atomic E-state index is -0.537. The fourth-order valence-electron chi connectivity index (χ4n) is 3.00. The summed E-state index contributed by atoms with van der Waals surface area (Å²) < 4.78 is 0. The van der Waals surface area contributed by atoms with Crippen molar-refractivity contribution in [2.45, 2.75) is 29.7 Å². The Labute approximate surface area is 190 Å². The third-order valence-corrected chi connectivity index (χ3v) is 5.82. The van der Waals surface area contributed by atoms with Crippen molar-refractivity contribution in [3.05, 3.63) is 105 Å². The van der Waals surface area contributed by atoms with Crippen molar-refractivity contribution in [1.29, 1.82) is 5.26 Å². The molecule has 0 saturated carbocycles. The molecule has 7 heteroatoms. The molecule has 0 radical (unpaired) electrons. The molecule has 3 aromatic carbocycles. The minimum absolute atomic E-state index is 0.0836. The van der Waals surface area contributed by atoms with Gasteiger partial charge in [0.25, 0.3) is 11.6 Å². The molecule has 0 aliphatic rings. The molecule has 0 bridgehead atoms. The predicted octanol–water partition coefficient (Wildman–Crippen LogP) is 5.84. The highest BCUT2D eigenvalue weighted by Gasteiger charge is 2.18. The van der Waals surface area contributed by atoms with Gasteiger partial charge in [0.1, 0.15) is 11.6 Å². The Hall–Kier alpha value is -3.89. The van der Waals surface area contributed by atoms with Crippen molar-refractivity contribution in [3.8, 4) is 6.07 Å². The molecule has 1 amide bonds. The van der Waals surface area contributed by atoms with Crippen LogP contribution in [0.25, 0.3) is 6.08 Å². The largest absolute Gasteiger partial charge is 0.345 e. The van der Waals surface area contributed by atoms with E-state index < -0.39 is 10.8 Å². The lowest BCUT2D eigenvalue weighted by molar-refractivity contribution is -0.387. The molecule has 32 heavy (non-hydrogen) atoms. The lowest BCUT2D eigenvalue weighted by Gasteiger charge is -2.13. The van der Waals surface area contributed by atoms with Crippen LogP contribution in [0.3, 0.4) is 0 Å². The molecule has 0 spiro atoms. The normalized spacial score (nSPS) is 12.0. The molecule has 1 atom stereocenters. The van der Waals surface area contributed by atoms with Gasteiger partial charge in [-0.1, -0.05) is 65.9 Å². The predicted molar refractivity (Wildman–Crippen MR) is 125 cm³/mol. The summed E-state index contributed by atoms with van der Waals surface area (Å²) in [7, 11) is 0. The summed E-state index contributed by atoms with van der Waals surface area (Å²) in [6.07, 6.45) is 1.36. The molecule has 0 heterocycles. The van der Waals surface area contributed by atoms with Gasteiger partial charge in [0.05, 0.1) is 15.9 Å². The van der Waals surface area contributed by atoms with E-state index >= 15 is 0 Å². The van der Waals surface area contributed by atoms with E-state index in [4.69, 9.17) is 0 Å². The number of carbonyl (C=O) groups excluding carboxylic acids is 1. The SMILES string of the molecule is Cc1ccc(Sc2ccc(C=C(C#N)C(=O)NC(C)c3ccccc3)cc2[N+](=O)[O-])cc1. The summed E-state index contributed by atoms with van der Waals surface area (Å²) in [6, 6.07) is 23.4. The van der Waals surface area contributed by atoms with Gasteiger partial charge in [-0.2, -0.15) is 5.26 Å². The molecule has 3 rings (SSSR count). The Morgan fingerprint density at radius 3 is 2.44 bits per heavy atom. The number of nitriles is 1. The van der Waals surface area contributed by atoms with Gasteiger partial charge in [0.15, 0.2) is 0 Å². The van der Waals surface area contributed by atoms with Crippen LogP contribution in [0, 0.1) is 28.4 Å². The Kier molecular flexibility index (Phi) is 7.42. The number of nitro groups is 1. The van der Waals surface area contributed by atoms with Crippen LogP contribution in [0.5, 0.6) is 0 Å². The van der Waals surface area contributed by atoms with E-state index in [1.54, 1.807) is 12.1 Å². The summed E-state index contributed by atoms with van der Waals surface area (Å²) in [4.78, 5) is 25.1. The molecule has 1 N–H and O–H groups in total. The number of aryl methyl sites for hydroxylation is 1. The first-order chi connectivity index (χ1) is 15.4. The Morgan fingerprint density at radius 1 is 1.12 bits per heavy atom. The summed E-state index contributed by atoms with van der Waals surface area (Å²) >= 11 is 1.29. The zero-order valence-electron chi connectivity index (χ0n) is 17.6. The second-order valence-corrected chi connectivity index (χ2v) is 8.29. The number of hydrogen-bond acceptors (Lipinski definition) is 5. The number of carbonyl (C=O) groups is 1. The molecular formula is C25H21N3O3S. The smallest absolute Gasteiger partial charge is 0.283 e. The highest BCUT2D eigenvalue weighted by molar-refractivity contribution is 7.99. The Bertz CT molecular complexity index is 1200. The van der Waals surface area contributed by atoms with E-state index in [0.717, 1.165) is 16.0 Å². The van der Waals surface area contributed by atoms with E-state index in [1.807, 2.05) is 74.5 Å². The van der Waals surface area contributed by atoms with Crippen molar-refractivity contribution >= 4 is 29.4 Å². The van der Waals surface area contributed by atoms with Crippen LogP contribution < -0.4 is 5.32 Å². The van der Waals surface area contributed by atoms with Gasteiger partial charge >= 0.3 is 0 Å². The average Bonchev–Trinajstić information content (AvgIpc) is 2.80. The van der Waals surface area contributed by atoms with E-state index in [0.29, 0.717) is 10.5 Å². The standard InChI is InChI=1S/C25H21N3O3S/c1-17-8-11-22(12-9-17)32-24-13-10-19(15-23(24)28(30)31)14-21(16-26)25(29)27-18(2)20-6-4-3-5-7-20/h3-15,18H,1-2H3,(H,27,29). The summed E-state index contributed by atoms with van der Waals surface area (Å²) in [5, 5.41) is 23.9. The topological polar surface area (TPSA) is 96.0 Å². The Morgan fingerprint density at radius 2 is 1.81 bits per heavy atom. The van der Waals surface area contributed by atoms with Crippen molar-refractivity contribution in [1.82, 2.24) is 5.32 Å². The van der Waals surface area contributed by atoms with Crippen LogP contribution >= 0.6 is 11.8 Å². The first-order valence-corrected chi connectivity index (χ1v) is 10.7. The van der Waals surface area contributed by atoms with Gasteiger partial charge in [0.2, 0.25) is 0 Å². The molecule has 0 aromatic heterocycles. The van der Waals surface area contributed by atoms with E-state index in [9.17, 15) is 20.2 Å². The maximum absolute atomic E-state index is 12.6. The Balaban J connectivity index is 1.83. The monoisotopic (exact) mass is 443 g/mol. The van der Waals surface area contributed by atoms with Crippen molar-refractivity contribution in [2.75, 3.05) is 0 Å². The van der Waals surface area contributed by atoms with Crippen LogP contribution in [-0.4, -0.2) is 10.8 Å². The first kappa shape index (κ1) is 22.8. The van der Waals surface area contributed by atoms with Gasteiger partial charge in [-0.3, -0.25) is 14.9 Å². The van der Waals surface area contributed by atoms with Crippen LogP contribution in [0.2, 0.25) is 0 Å². The van der Waals surface area contributed by atoms with E-state index in [-0.39, 0.29) is 17.3 Å². The third kappa shape index (κ3) is 5.84. The first-order valence-electron chi connectivity index (χ1n) is 9.88. The number of amides is 1. The van der Waals surface area contributed by atoms with Gasteiger partial charge in [-0.05, 0) is 49.2 Å². The second-order valence-electron chi connectivity index (χ2n) is 7.18. The van der Waals surface area contributed by atoms with Crippen LogP contribution in [-0.2, 0) is 4.79 Å². The summed E-state index contributed by atoms with van der Waals surface area (Å²) in [6.45, 7) is 3.80. The fourth-order valence-corrected chi connectivity index (χ4v) is 3.90. The zero-order chi connectivity index (χ0) is 23.1. The maximum atomic E-state index is 12.6. The van der Waals surface area contributed by atoms with Gasteiger partial charge in [-0.15, -0.1) is 0 Å². The molecule has 0 aliphatic heterocycles. The van der Waals surface area contributed by atoms with Gasteiger partial charge in [-0.25, -0.2) is 0 Å². The van der Waals surface area contributed by atoms with Gasteiger partial charge < -0.3 is 5.32 Å². The van der Waals surface area contributed by atoms with Gasteiger partial charge in [0, 0.05) is 11.0 Å². The molecule has 6 nitrogen and oxygen atoms in total. The summed E-state index contributed by atoms with van der Waals surface area (Å²) in [5.74, 6) is -0.537. The number of hydrogen-bond donors (Lipinski definition) is 1. The zero-order valence-corrected chi connectivity index (χ0v) is 18.4. The maximum Gasteiger partial charge on any atom is 0.283 e. The lowest BCUT2D eigenvalue weighted by Crippen LogP contribution is -2.27. The quantitative estimate of drug-likeness (QED) is 0.214. The molecular weight excluding hydrogens is 422 g/mol. The molecule has 3 aromatic rings. The van der Waals surface area contributed by atoms with Crippen molar-refractivity contribution < 1.29 is 9.72 Å². The van der Waals surface area contributed by atoms with Crippen LogP contribution in [0.15, 0.2) is 88.2 Å². The molecule has 0 aliphatic carbocycles.